The molecule has 0 bridgehead atoms. The van der Waals surface area contributed by atoms with Crippen LogP contribution in [-0.2, 0) is 16.1 Å². The number of rotatable bonds is 7. The van der Waals surface area contributed by atoms with E-state index in [2.05, 4.69) is 0 Å². The second-order valence-corrected chi connectivity index (χ2v) is 4.29. The minimum absolute atomic E-state index is 0.160. The number of hydrogen-bond donors (Lipinski definition) is 2. The van der Waals surface area contributed by atoms with Crippen LogP contribution >= 0.6 is 0 Å². The summed E-state index contributed by atoms with van der Waals surface area (Å²) in [7, 11) is 0. The highest BCUT2D eigenvalue weighted by molar-refractivity contribution is 5.71. The zero-order valence-electron chi connectivity index (χ0n) is 10.2. The van der Waals surface area contributed by atoms with Gasteiger partial charge in [0.05, 0.1) is 12.5 Å². The largest absolute Gasteiger partial charge is 0.481 e. The standard InChI is InChI=1S/C13H17NO4/c1-10(13(17)18)7-14(9-12(15)16)8-11-5-3-2-4-6-11/h2-6,10H,7-9H2,1H3,(H,15,16)(H,17,18). The molecule has 1 atom stereocenters. The summed E-state index contributed by atoms with van der Waals surface area (Å²) in [4.78, 5) is 23.2. The molecule has 0 aliphatic heterocycles. The molecule has 98 valence electrons. The van der Waals surface area contributed by atoms with E-state index >= 15 is 0 Å². The van der Waals surface area contributed by atoms with Gasteiger partial charge in [0.15, 0.2) is 0 Å². The van der Waals surface area contributed by atoms with Gasteiger partial charge in [0.2, 0.25) is 0 Å². The molecule has 0 aromatic heterocycles. The minimum Gasteiger partial charge on any atom is -0.481 e. The van der Waals surface area contributed by atoms with Gasteiger partial charge >= 0.3 is 11.9 Å². The number of hydrogen-bond acceptors (Lipinski definition) is 3. The Kier molecular flexibility index (Phi) is 5.32. The molecule has 5 nitrogen and oxygen atoms in total. The second kappa shape index (κ2) is 6.76. The number of nitrogens with zero attached hydrogens (tertiary/aromatic N) is 1. The second-order valence-electron chi connectivity index (χ2n) is 4.29. The third-order valence-electron chi connectivity index (χ3n) is 2.56. The number of benzene rings is 1. The highest BCUT2D eigenvalue weighted by Gasteiger charge is 2.18. The first kappa shape index (κ1) is 14.2. The Morgan fingerprint density at radius 3 is 2.33 bits per heavy atom. The summed E-state index contributed by atoms with van der Waals surface area (Å²) < 4.78 is 0. The lowest BCUT2D eigenvalue weighted by Gasteiger charge is -2.22. The van der Waals surface area contributed by atoms with E-state index in [9.17, 15) is 9.59 Å². The Labute approximate surface area is 106 Å². The monoisotopic (exact) mass is 251 g/mol. The van der Waals surface area contributed by atoms with E-state index in [1.165, 1.54) is 0 Å². The molecular formula is C13H17NO4. The molecule has 0 radical (unpaired) electrons. The van der Waals surface area contributed by atoms with Crippen molar-refractivity contribution in [3.8, 4) is 0 Å². The zero-order valence-corrected chi connectivity index (χ0v) is 10.2. The molecule has 5 heteroatoms. The smallest absolute Gasteiger partial charge is 0.317 e. The van der Waals surface area contributed by atoms with E-state index in [0.29, 0.717) is 6.54 Å². The van der Waals surface area contributed by atoms with Gasteiger partial charge in [0, 0.05) is 13.1 Å². The maximum atomic E-state index is 10.8. The van der Waals surface area contributed by atoms with Crippen molar-refractivity contribution in [3.63, 3.8) is 0 Å². The Balaban J connectivity index is 2.66. The van der Waals surface area contributed by atoms with E-state index < -0.39 is 17.9 Å². The van der Waals surface area contributed by atoms with Gasteiger partial charge in [-0.05, 0) is 5.56 Å². The summed E-state index contributed by atoms with van der Waals surface area (Å²) in [6.07, 6.45) is 0. The number of carboxylic acids is 2. The summed E-state index contributed by atoms with van der Waals surface area (Å²) in [5.74, 6) is -2.46. The molecule has 0 spiro atoms. The van der Waals surface area contributed by atoms with Gasteiger partial charge in [0.1, 0.15) is 0 Å². The van der Waals surface area contributed by atoms with E-state index in [1.54, 1.807) is 11.8 Å². The van der Waals surface area contributed by atoms with Crippen molar-refractivity contribution in [2.45, 2.75) is 13.5 Å². The van der Waals surface area contributed by atoms with Gasteiger partial charge in [-0.25, -0.2) is 0 Å². The van der Waals surface area contributed by atoms with E-state index in [4.69, 9.17) is 10.2 Å². The lowest BCUT2D eigenvalue weighted by atomic mass is 10.1. The van der Waals surface area contributed by atoms with Crippen LogP contribution < -0.4 is 0 Å². The van der Waals surface area contributed by atoms with Gasteiger partial charge in [-0.2, -0.15) is 0 Å². The van der Waals surface area contributed by atoms with Crippen LogP contribution in [0.4, 0.5) is 0 Å². The Morgan fingerprint density at radius 1 is 1.22 bits per heavy atom. The van der Waals surface area contributed by atoms with Gasteiger partial charge in [0.25, 0.3) is 0 Å². The van der Waals surface area contributed by atoms with Crippen LogP contribution in [0.2, 0.25) is 0 Å². The van der Waals surface area contributed by atoms with Crippen LogP contribution in [0, 0.1) is 5.92 Å². The minimum atomic E-state index is -0.955. The molecule has 0 amide bonds. The van der Waals surface area contributed by atoms with Crippen LogP contribution in [0.1, 0.15) is 12.5 Å². The van der Waals surface area contributed by atoms with Crippen molar-refractivity contribution >= 4 is 11.9 Å². The lowest BCUT2D eigenvalue weighted by molar-refractivity contribution is -0.144. The van der Waals surface area contributed by atoms with Gasteiger partial charge in [-0.3, -0.25) is 14.5 Å². The fourth-order valence-electron chi connectivity index (χ4n) is 1.68. The first-order valence-electron chi connectivity index (χ1n) is 5.70. The molecule has 18 heavy (non-hydrogen) atoms. The van der Waals surface area contributed by atoms with Crippen molar-refractivity contribution in [1.82, 2.24) is 4.90 Å². The normalized spacial score (nSPS) is 12.3. The predicted molar refractivity (Wildman–Crippen MR) is 66.2 cm³/mol. The van der Waals surface area contributed by atoms with Gasteiger partial charge < -0.3 is 10.2 Å². The number of carboxylic acid groups (broad SMARTS) is 2. The molecule has 0 saturated carbocycles. The Bertz CT molecular complexity index is 405. The summed E-state index contributed by atoms with van der Waals surface area (Å²) in [6.45, 7) is 2.07. The maximum absolute atomic E-state index is 10.8. The van der Waals surface area contributed by atoms with E-state index in [0.717, 1.165) is 5.56 Å². The topological polar surface area (TPSA) is 77.8 Å². The van der Waals surface area contributed by atoms with Gasteiger partial charge in [-0.1, -0.05) is 37.3 Å². The highest BCUT2D eigenvalue weighted by atomic mass is 16.4. The Hall–Kier alpha value is -1.88. The van der Waals surface area contributed by atoms with Crippen molar-refractivity contribution in [3.05, 3.63) is 35.9 Å². The maximum Gasteiger partial charge on any atom is 0.317 e. The fraction of sp³-hybridized carbons (Fsp3) is 0.385. The van der Waals surface area contributed by atoms with Crippen molar-refractivity contribution in [1.29, 1.82) is 0 Å². The third-order valence-corrected chi connectivity index (χ3v) is 2.56. The first-order valence-corrected chi connectivity index (χ1v) is 5.70. The van der Waals surface area contributed by atoms with Crippen LogP contribution in [0.25, 0.3) is 0 Å². The fourth-order valence-corrected chi connectivity index (χ4v) is 1.68. The van der Waals surface area contributed by atoms with Crippen LogP contribution in [0.3, 0.4) is 0 Å². The zero-order chi connectivity index (χ0) is 13.5. The molecule has 0 aliphatic rings. The lowest BCUT2D eigenvalue weighted by Crippen LogP contribution is -2.35. The number of aliphatic carboxylic acids is 2. The SMILES string of the molecule is CC(CN(CC(=O)O)Cc1ccccc1)C(=O)O. The van der Waals surface area contributed by atoms with Crippen molar-refractivity contribution in [2.75, 3.05) is 13.1 Å². The summed E-state index contributed by atoms with van der Waals surface area (Å²) in [5.41, 5.74) is 0.969. The van der Waals surface area contributed by atoms with Crippen LogP contribution in [0.15, 0.2) is 30.3 Å². The molecule has 1 aromatic carbocycles. The summed E-state index contributed by atoms with van der Waals surface area (Å²) in [5, 5.41) is 17.7. The van der Waals surface area contributed by atoms with Crippen LogP contribution in [-0.4, -0.2) is 40.1 Å². The Morgan fingerprint density at radius 2 is 1.83 bits per heavy atom. The number of carbonyl (C=O) groups is 2. The van der Waals surface area contributed by atoms with E-state index in [1.807, 2.05) is 30.3 Å². The third kappa shape index (κ3) is 4.97. The van der Waals surface area contributed by atoms with Crippen LogP contribution in [0.5, 0.6) is 0 Å². The molecule has 0 saturated heterocycles. The summed E-state index contributed by atoms with van der Waals surface area (Å²) >= 11 is 0. The average Bonchev–Trinajstić information content (AvgIpc) is 2.29. The molecule has 0 fully saturated rings. The van der Waals surface area contributed by atoms with Crippen molar-refractivity contribution < 1.29 is 19.8 Å². The van der Waals surface area contributed by atoms with Gasteiger partial charge in [-0.15, -0.1) is 0 Å². The molecule has 0 aliphatic carbocycles. The average molecular weight is 251 g/mol. The summed E-state index contributed by atoms with van der Waals surface area (Å²) in [6, 6.07) is 9.40. The highest BCUT2D eigenvalue weighted by Crippen LogP contribution is 2.07. The molecule has 1 unspecified atom stereocenters. The van der Waals surface area contributed by atoms with E-state index in [-0.39, 0.29) is 13.1 Å². The molecule has 1 rings (SSSR count). The molecule has 2 N–H and O–H groups in total. The van der Waals surface area contributed by atoms with Crippen molar-refractivity contribution in [2.24, 2.45) is 5.92 Å². The predicted octanol–water partition coefficient (Wildman–Crippen LogP) is 1.29. The molecular weight excluding hydrogens is 234 g/mol. The quantitative estimate of drug-likeness (QED) is 0.763. The molecule has 1 aromatic rings. The first-order chi connectivity index (χ1) is 8.49. The molecule has 0 heterocycles.